The fourth-order valence-electron chi connectivity index (χ4n) is 1.82. The van der Waals surface area contributed by atoms with E-state index in [-0.39, 0.29) is 6.03 Å². The van der Waals surface area contributed by atoms with Crippen LogP contribution in [0, 0.1) is 0 Å². The smallest absolute Gasteiger partial charge is 0.323 e. The molecule has 0 unspecified atom stereocenters. The summed E-state index contributed by atoms with van der Waals surface area (Å²) >= 11 is 0. The van der Waals surface area contributed by atoms with Crippen molar-refractivity contribution in [3.63, 3.8) is 0 Å². The second kappa shape index (κ2) is 7.93. The highest BCUT2D eigenvalue weighted by atomic mass is 16.5. The minimum Gasteiger partial charge on any atom is -0.497 e. The number of hydrogen-bond donors (Lipinski definition) is 2. The standard InChI is InChI=1S/C17H20N2O3/c1-3-12-22-16-10-6-14(7-11-16)19-17(20)18-13-4-8-15(21-2)9-5-13/h4-11H,3,12H2,1-2H3,(H2,18,19,20). The van der Waals surface area contributed by atoms with Gasteiger partial charge in [-0.1, -0.05) is 6.92 Å². The van der Waals surface area contributed by atoms with Gasteiger partial charge >= 0.3 is 6.03 Å². The topological polar surface area (TPSA) is 59.6 Å². The molecule has 2 N–H and O–H groups in total. The first-order chi connectivity index (χ1) is 10.7. The van der Waals surface area contributed by atoms with E-state index in [2.05, 4.69) is 17.6 Å². The molecule has 0 saturated heterocycles. The lowest BCUT2D eigenvalue weighted by Crippen LogP contribution is -2.19. The van der Waals surface area contributed by atoms with Crippen LogP contribution in [0.25, 0.3) is 0 Å². The SMILES string of the molecule is CCCOc1ccc(NC(=O)Nc2ccc(OC)cc2)cc1. The molecule has 116 valence electrons. The number of ether oxygens (including phenoxy) is 2. The fraction of sp³-hybridized carbons (Fsp3) is 0.235. The Bertz CT molecular complexity index is 594. The maximum absolute atomic E-state index is 11.9. The number of anilines is 2. The summed E-state index contributed by atoms with van der Waals surface area (Å²) in [6.07, 6.45) is 0.963. The van der Waals surface area contributed by atoms with Gasteiger partial charge < -0.3 is 20.1 Å². The number of amides is 2. The van der Waals surface area contributed by atoms with Gasteiger partial charge in [-0.05, 0) is 55.0 Å². The number of nitrogens with one attached hydrogen (secondary N) is 2. The molecular weight excluding hydrogens is 280 g/mol. The van der Waals surface area contributed by atoms with Gasteiger partial charge in [0.05, 0.1) is 13.7 Å². The average Bonchev–Trinajstić information content (AvgIpc) is 2.55. The lowest BCUT2D eigenvalue weighted by atomic mass is 10.3. The van der Waals surface area contributed by atoms with Gasteiger partial charge in [0.2, 0.25) is 0 Å². The maximum Gasteiger partial charge on any atom is 0.323 e. The summed E-state index contributed by atoms with van der Waals surface area (Å²) in [4.78, 5) is 11.9. The first-order valence-corrected chi connectivity index (χ1v) is 7.16. The Hall–Kier alpha value is -2.69. The molecule has 5 heteroatoms. The van der Waals surface area contributed by atoms with Gasteiger partial charge in [0, 0.05) is 11.4 Å². The zero-order valence-corrected chi connectivity index (χ0v) is 12.8. The molecule has 0 heterocycles. The molecule has 22 heavy (non-hydrogen) atoms. The zero-order valence-electron chi connectivity index (χ0n) is 12.8. The Morgan fingerprint density at radius 3 is 1.86 bits per heavy atom. The molecule has 0 spiro atoms. The number of rotatable bonds is 6. The van der Waals surface area contributed by atoms with E-state index in [1.54, 1.807) is 43.5 Å². The van der Waals surface area contributed by atoms with Crippen LogP contribution < -0.4 is 20.1 Å². The summed E-state index contributed by atoms with van der Waals surface area (Å²) < 4.78 is 10.6. The summed E-state index contributed by atoms with van der Waals surface area (Å²) in [6.45, 7) is 2.74. The molecule has 2 amide bonds. The first kappa shape index (κ1) is 15.7. The van der Waals surface area contributed by atoms with Crippen LogP contribution in [0.5, 0.6) is 11.5 Å². The molecule has 0 atom stereocenters. The van der Waals surface area contributed by atoms with E-state index in [9.17, 15) is 4.79 Å². The molecular formula is C17H20N2O3. The van der Waals surface area contributed by atoms with E-state index in [1.807, 2.05) is 12.1 Å². The molecule has 0 radical (unpaired) electrons. The van der Waals surface area contributed by atoms with Gasteiger partial charge in [0.15, 0.2) is 0 Å². The van der Waals surface area contributed by atoms with Crippen molar-refractivity contribution in [3.8, 4) is 11.5 Å². The highest BCUT2D eigenvalue weighted by Gasteiger charge is 2.03. The van der Waals surface area contributed by atoms with Crippen LogP contribution in [0.2, 0.25) is 0 Å². The molecule has 0 saturated carbocycles. The predicted molar refractivity (Wildman–Crippen MR) is 87.9 cm³/mol. The number of carbonyl (C=O) groups is 1. The van der Waals surface area contributed by atoms with Crippen molar-refractivity contribution in [3.05, 3.63) is 48.5 Å². The van der Waals surface area contributed by atoms with E-state index < -0.39 is 0 Å². The van der Waals surface area contributed by atoms with Gasteiger partial charge in [0.25, 0.3) is 0 Å². The summed E-state index contributed by atoms with van der Waals surface area (Å²) in [7, 11) is 1.60. The van der Waals surface area contributed by atoms with Crippen LogP contribution in [0.4, 0.5) is 16.2 Å². The molecule has 5 nitrogen and oxygen atoms in total. The minimum atomic E-state index is -0.299. The summed E-state index contributed by atoms with van der Waals surface area (Å²) in [5.41, 5.74) is 1.40. The molecule has 2 rings (SSSR count). The third-order valence-corrected chi connectivity index (χ3v) is 2.93. The van der Waals surface area contributed by atoms with Crippen LogP contribution >= 0.6 is 0 Å². The number of methoxy groups -OCH3 is 1. The Labute approximate surface area is 130 Å². The molecule has 2 aromatic rings. The van der Waals surface area contributed by atoms with Gasteiger partial charge in [0.1, 0.15) is 11.5 Å². The summed E-state index contributed by atoms with van der Waals surface area (Å²) in [5, 5.41) is 5.52. The van der Waals surface area contributed by atoms with Crippen molar-refractivity contribution in [2.24, 2.45) is 0 Å². The van der Waals surface area contributed by atoms with Gasteiger partial charge in [-0.15, -0.1) is 0 Å². The van der Waals surface area contributed by atoms with Crippen molar-refractivity contribution in [1.82, 2.24) is 0 Å². The molecule has 0 fully saturated rings. The van der Waals surface area contributed by atoms with Crippen LogP contribution in [-0.2, 0) is 0 Å². The first-order valence-electron chi connectivity index (χ1n) is 7.16. The average molecular weight is 300 g/mol. The number of carbonyl (C=O) groups excluding carboxylic acids is 1. The maximum atomic E-state index is 11.9. The predicted octanol–water partition coefficient (Wildman–Crippen LogP) is 4.13. The second-order valence-corrected chi connectivity index (χ2v) is 4.68. The van der Waals surface area contributed by atoms with E-state index in [0.29, 0.717) is 18.0 Å². The summed E-state index contributed by atoms with van der Waals surface area (Å²) in [5.74, 6) is 1.54. The van der Waals surface area contributed by atoms with Crippen LogP contribution in [0.15, 0.2) is 48.5 Å². The lowest BCUT2D eigenvalue weighted by Gasteiger charge is -2.09. The van der Waals surface area contributed by atoms with Crippen LogP contribution in [0.1, 0.15) is 13.3 Å². The Morgan fingerprint density at radius 1 is 0.909 bits per heavy atom. The van der Waals surface area contributed by atoms with Gasteiger partial charge in [-0.2, -0.15) is 0 Å². The molecule has 2 aromatic carbocycles. The van der Waals surface area contributed by atoms with Crippen molar-refractivity contribution < 1.29 is 14.3 Å². The lowest BCUT2D eigenvalue weighted by molar-refractivity contribution is 0.262. The Kier molecular flexibility index (Phi) is 5.65. The van der Waals surface area contributed by atoms with Crippen molar-refractivity contribution >= 4 is 17.4 Å². The molecule has 0 bridgehead atoms. The highest BCUT2D eigenvalue weighted by Crippen LogP contribution is 2.17. The quantitative estimate of drug-likeness (QED) is 0.843. The highest BCUT2D eigenvalue weighted by molar-refractivity contribution is 5.99. The largest absolute Gasteiger partial charge is 0.497 e. The number of hydrogen-bond acceptors (Lipinski definition) is 3. The Balaban J connectivity index is 1.88. The zero-order chi connectivity index (χ0) is 15.8. The van der Waals surface area contributed by atoms with Crippen molar-refractivity contribution in [2.75, 3.05) is 24.4 Å². The minimum absolute atomic E-state index is 0.299. The number of benzene rings is 2. The fourth-order valence-corrected chi connectivity index (χ4v) is 1.82. The van der Waals surface area contributed by atoms with E-state index >= 15 is 0 Å². The van der Waals surface area contributed by atoms with E-state index in [1.165, 1.54) is 0 Å². The normalized spacial score (nSPS) is 9.91. The molecule has 0 aliphatic rings. The third-order valence-electron chi connectivity index (χ3n) is 2.93. The second-order valence-electron chi connectivity index (χ2n) is 4.68. The third kappa shape index (κ3) is 4.70. The molecule has 0 aliphatic carbocycles. The Morgan fingerprint density at radius 2 is 1.41 bits per heavy atom. The van der Waals surface area contributed by atoms with Crippen molar-refractivity contribution in [2.45, 2.75) is 13.3 Å². The molecule has 0 aliphatic heterocycles. The number of urea groups is 1. The van der Waals surface area contributed by atoms with Gasteiger partial charge in [-0.3, -0.25) is 0 Å². The van der Waals surface area contributed by atoms with E-state index in [4.69, 9.17) is 9.47 Å². The van der Waals surface area contributed by atoms with E-state index in [0.717, 1.165) is 17.9 Å². The molecule has 0 aromatic heterocycles. The monoisotopic (exact) mass is 300 g/mol. The van der Waals surface area contributed by atoms with Crippen LogP contribution in [0.3, 0.4) is 0 Å². The van der Waals surface area contributed by atoms with Crippen LogP contribution in [-0.4, -0.2) is 19.7 Å². The van der Waals surface area contributed by atoms with Crippen molar-refractivity contribution in [1.29, 1.82) is 0 Å². The van der Waals surface area contributed by atoms with Gasteiger partial charge in [-0.25, -0.2) is 4.79 Å². The summed E-state index contributed by atoms with van der Waals surface area (Å²) in [6, 6.07) is 14.1.